The Hall–Kier alpha value is -5.05. The van der Waals surface area contributed by atoms with Gasteiger partial charge in [-0.05, 0) is 61.1 Å². The highest BCUT2D eigenvalue weighted by Crippen LogP contribution is 2.47. The lowest BCUT2D eigenvalue weighted by molar-refractivity contribution is -0.131. The van der Waals surface area contributed by atoms with Crippen molar-refractivity contribution in [1.29, 1.82) is 0 Å². The molecule has 268 valence electrons. The highest BCUT2D eigenvalue weighted by molar-refractivity contribution is 5.99. The highest BCUT2D eigenvalue weighted by Gasteiger charge is 2.41. The zero-order valence-corrected chi connectivity index (χ0v) is 27.3. The molecule has 2 aromatic heterocycles. The zero-order chi connectivity index (χ0) is 36.8. The van der Waals surface area contributed by atoms with E-state index in [1.807, 2.05) is 5.32 Å². The van der Waals surface area contributed by atoms with Gasteiger partial charge in [-0.1, -0.05) is 25.0 Å². The van der Waals surface area contributed by atoms with Crippen LogP contribution in [0.25, 0.3) is 0 Å². The third-order valence-electron chi connectivity index (χ3n) is 9.54. The maximum Gasteiger partial charge on any atom is 0.315 e. The van der Waals surface area contributed by atoms with E-state index in [4.69, 9.17) is 5.73 Å². The van der Waals surface area contributed by atoms with E-state index >= 15 is 0 Å². The average Bonchev–Trinajstić information content (AvgIpc) is 3.09. The number of hydrogen-bond acceptors (Lipinski definition) is 8. The maximum absolute atomic E-state index is 13.6. The Bertz CT molecular complexity index is 1880. The summed E-state index contributed by atoms with van der Waals surface area (Å²) in [5, 5.41) is 1.82. The van der Waals surface area contributed by atoms with E-state index in [2.05, 4.69) is 19.9 Å². The molecule has 2 saturated carbocycles. The molecule has 0 bridgehead atoms. The van der Waals surface area contributed by atoms with Gasteiger partial charge in [-0.2, -0.15) is 8.78 Å². The number of carbonyl (C=O) groups excluding carboxylic acids is 3. The number of ketones is 2. The topological polar surface area (TPSA) is 141 Å². The van der Waals surface area contributed by atoms with Gasteiger partial charge >= 0.3 is 6.43 Å². The van der Waals surface area contributed by atoms with E-state index in [1.54, 1.807) is 12.1 Å². The summed E-state index contributed by atoms with van der Waals surface area (Å²) in [6.07, 6.45) is 8.49. The summed E-state index contributed by atoms with van der Waals surface area (Å²) >= 11 is 0. The second-order valence-electron chi connectivity index (χ2n) is 12.7. The second kappa shape index (κ2) is 15.9. The van der Waals surface area contributed by atoms with Crippen molar-refractivity contribution < 1.29 is 40.7 Å². The summed E-state index contributed by atoms with van der Waals surface area (Å²) in [7, 11) is 0. The van der Waals surface area contributed by atoms with Gasteiger partial charge in [0.1, 0.15) is 11.6 Å². The largest absolute Gasteiger partial charge is 0.344 e. The zero-order valence-electron chi connectivity index (χ0n) is 27.3. The molecule has 9 nitrogen and oxygen atoms in total. The Labute approximate surface area is 289 Å². The monoisotopic (exact) mass is 712 g/mol. The first-order valence-corrected chi connectivity index (χ1v) is 16.2. The number of benzene rings is 2. The molecule has 0 unspecified atom stereocenters. The summed E-state index contributed by atoms with van der Waals surface area (Å²) in [6, 6.07) is 7.90. The fourth-order valence-electron chi connectivity index (χ4n) is 6.24. The summed E-state index contributed by atoms with van der Waals surface area (Å²) in [5.41, 5.74) is 6.57. The van der Waals surface area contributed by atoms with E-state index in [1.165, 1.54) is 36.9 Å². The van der Waals surface area contributed by atoms with Gasteiger partial charge in [0.15, 0.2) is 34.8 Å². The van der Waals surface area contributed by atoms with Crippen molar-refractivity contribution in [3.8, 4) is 0 Å². The number of Topliss-reactive ketones (excluding diaryl/α,β-unsaturated/α-hetero) is 2. The Morgan fingerprint density at radius 2 is 1.08 bits per heavy atom. The van der Waals surface area contributed by atoms with Gasteiger partial charge in [-0.3, -0.25) is 14.4 Å². The Morgan fingerprint density at radius 3 is 1.41 bits per heavy atom. The Kier molecular flexibility index (Phi) is 11.6. The third-order valence-corrected chi connectivity index (χ3v) is 9.54. The number of nitrogens with two attached hydrogens (primary N) is 1. The summed E-state index contributed by atoms with van der Waals surface area (Å²) in [4.78, 5) is 50.9. The van der Waals surface area contributed by atoms with Crippen LogP contribution in [0.2, 0.25) is 0 Å². The van der Waals surface area contributed by atoms with Crippen molar-refractivity contribution in [1.82, 2.24) is 25.3 Å². The van der Waals surface area contributed by atoms with Crippen LogP contribution < -0.4 is 11.1 Å². The van der Waals surface area contributed by atoms with Gasteiger partial charge in [0.05, 0.1) is 24.2 Å². The van der Waals surface area contributed by atoms with E-state index in [0.717, 1.165) is 56.2 Å². The predicted molar refractivity (Wildman–Crippen MR) is 172 cm³/mol. The van der Waals surface area contributed by atoms with Crippen LogP contribution in [0.4, 0.5) is 26.3 Å². The van der Waals surface area contributed by atoms with Crippen molar-refractivity contribution in [3.63, 3.8) is 0 Å². The standard InChI is InChI=1S/C19H17F4N3O2.C17H17F2N3O/c20-13-3-2-12(6-14(13)21)19(4-1-5-19)7-16-24-8-11(9-25-16)15(27)10-26-18(28)17(22)23;18-13-3-2-12(6-14(13)19)17(4-1-5-17)7-16-21-9-11(10-22-16)15(23)8-20/h2-3,6,8-9,17H,1,4-5,7,10H2,(H,26,28);2-3,6,9-10H,1,4-5,7-8,20H2. The van der Waals surface area contributed by atoms with Gasteiger partial charge in [0, 0.05) is 48.5 Å². The third kappa shape index (κ3) is 8.64. The maximum atomic E-state index is 13.6. The quantitative estimate of drug-likeness (QED) is 0.144. The second-order valence-corrected chi connectivity index (χ2v) is 12.7. The lowest BCUT2D eigenvalue weighted by Crippen LogP contribution is -2.37. The molecule has 2 aliphatic rings. The van der Waals surface area contributed by atoms with Crippen LogP contribution in [0.15, 0.2) is 61.2 Å². The molecular formula is C36H34F6N6O3. The molecule has 51 heavy (non-hydrogen) atoms. The van der Waals surface area contributed by atoms with Crippen molar-refractivity contribution >= 4 is 17.5 Å². The molecule has 2 aliphatic carbocycles. The molecule has 0 spiro atoms. The van der Waals surface area contributed by atoms with E-state index in [0.29, 0.717) is 35.6 Å². The molecule has 15 heteroatoms. The van der Waals surface area contributed by atoms with Crippen LogP contribution in [0.3, 0.4) is 0 Å². The number of nitrogens with zero attached hydrogens (tertiary/aromatic N) is 4. The first-order chi connectivity index (χ1) is 24.3. The molecule has 3 N–H and O–H groups in total. The van der Waals surface area contributed by atoms with Gasteiger partial charge in [-0.25, -0.2) is 37.5 Å². The molecule has 0 atom stereocenters. The van der Waals surface area contributed by atoms with Crippen molar-refractivity contribution in [3.05, 3.63) is 118 Å². The summed E-state index contributed by atoms with van der Waals surface area (Å²) < 4.78 is 77.8. The Balaban J connectivity index is 0.000000201. The molecular weight excluding hydrogens is 678 g/mol. The van der Waals surface area contributed by atoms with Crippen LogP contribution >= 0.6 is 0 Å². The first kappa shape index (κ1) is 37.2. The molecule has 4 aromatic rings. The van der Waals surface area contributed by atoms with Gasteiger partial charge in [0.25, 0.3) is 5.91 Å². The minimum atomic E-state index is -3.19. The van der Waals surface area contributed by atoms with E-state index in [9.17, 15) is 40.7 Å². The highest BCUT2D eigenvalue weighted by atomic mass is 19.3. The number of halogens is 6. The van der Waals surface area contributed by atoms with Crippen LogP contribution in [0.1, 0.15) is 82.0 Å². The number of alkyl halides is 2. The molecule has 1 amide bonds. The SMILES string of the molecule is NCC(=O)c1cnc(CC2(c3ccc(F)c(F)c3)CCC2)nc1.O=C(CNC(=O)C(F)F)c1cnc(CC2(c3ccc(F)c(F)c3)CCC2)nc1. The molecule has 2 heterocycles. The normalized spacial score (nSPS) is 15.5. The molecule has 0 aliphatic heterocycles. The number of carbonyl (C=O) groups is 3. The number of amides is 1. The number of rotatable bonds is 12. The molecule has 2 fully saturated rings. The van der Waals surface area contributed by atoms with E-state index in [-0.39, 0.29) is 28.7 Å². The lowest BCUT2D eigenvalue weighted by atomic mass is 9.62. The fraction of sp³-hybridized carbons (Fsp3) is 0.361. The van der Waals surface area contributed by atoms with Crippen molar-refractivity contribution in [2.75, 3.05) is 13.1 Å². The number of aromatic nitrogens is 4. The van der Waals surface area contributed by atoms with Gasteiger partial charge in [0.2, 0.25) is 0 Å². The summed E-state index contributed by atoms with van der Waals surface area (Å²) in [6.45, 7) is -0.661. The first-order valence-electron chi connectivity index (χ1n) is 16.2. The fourth-order valence-corrected chi connectivity index (χ4v) is 6.24. The van der Waals surface area contributed by atoms with Crippen LogP contribution in [-0.4, -0.2) is 56.9 Å². The van der Waals surface area contributed by atoms with Crippen LogP contribution in [0, 0.1) is 23.3 Å². The Morgan fingerprint density at radius 1 is 0.667 bits per heavy atom. The molecule has 0 radical (unpaired) electrons. The number of hydrogen-bond donors (Lipinski definition) is 2. The van der Waals surface area contributed by atoms with Gasteiger partial charge in [-0.15, -0.1) is 0 Å². The smallest absolute Gasteiger partial charge is 0.315 e. The number of nitrogens with one attached hydrogen (secondary N) is 1. The predicted octanol–water partition coefficient (Wildman–Crippen LogP) is 5.54. The van der Waals surface area contributed by atoms with E-state index < -0.39 is 47.9 Å². The van der Waals surface area contributed by atoms with Crippen molar-refractivity contribution in [2.24, 2.45) is 5.73 Å². The lowest BCUT2D eigenvalue weighted by Gasteiger charge is -2.42. The summed E-state index contributed by atoms with van der Waals surface area (Å²) in [5.74, 6) is -4.81. The minimum Gasteiger partial charge on any atom is -0.344 e. The molecule has 6 rings (SSSR count). The van der Waals surface area contributed by atoms with Crippen LogP contribution in [0.5, 0.6) is 0 Å². The minimum absolute atomic E-state index is 0.0776. The van der Waals surface area contributed by atoms with Crippen molar-refractivity contribution in [2.45, 2.75) is 68.6 Å². The molecule has 2 aromatic carbocycles. The molecule has 0 saturated heterocycles. The van der Waals surface area contributed by atoms with Gasteiger partial charge < -0.3 is 11.1 Å². The van der Waals surface area contributed by atoms with Crippen LogP contribution in [-0.2, 0) is 28.5 Å². The average molecular weight is 713 g/mol.